The number of rotatable bonds is 6. The van der Waals surface area contributed by atoms with Crippen LogP contribution < -0.4 is 10.7 Å². The van der Waals surface area contributed by atoms with Gasteiger partial charge < -0.3 is 5.32 Å². The number of hydrazone groups is 1. The van der Waals surface area contributed by atoms with E-state index < -0.39 is 0 Å². The number of carbonyl (C=O) groups is 2. The summed E-state index contributed by atoms with van der Waals surface area (Å²) < 4.78 is 0. The molecule has 2 N–H and O–H groups in total. The van der Waals surface area contributed by atoms with E-state index in [-0.39, 0.29) is 11.8 Å². The first-order chi connectivity index (χ1) is 11.1. The van der Waals surface area contributed by atoms with E-state index in [0.29, 0.717) is 23.6 Å². The van der Waals surface area contributed by atoms with E-state index in [4.69, 9.17) is 0 Å². The maximum absolute atomic E-state index is 12.1. The molecule has 1 aromatic rings. The van der Waals surface area contributed by atoms with Crippen molar-refractivity contribution in [3.05, 3.63) is 29.8 Å². The van der Waals surface area contributed by atoms with Gasteiger partial charge in [0.2, 0.25) is 5.91 Å². The summed E-state index contributed by atoms with van der Waals surface area (Å²) in [6.07, 6.45) is 5.67. The first-order valence-electron chi connectivity index (χ1n) is 8.40. The second kappa shape index (κ2) is 8.46. The van der Waals surface area contributed by atoms with Crippen LogP contribution in [0.5, 0.6) is 0 Å². The molecule has 0 heterocycles. The SMILES string of the molecule is CCCC(=O)Nc1ccc(C(=O)N/N=C2\CCCC2CC)cc1. The van der Waals surface area contributed by atoms with Gasteiger partial charge in [-0.05, 0) is 62.3 Å². The van der Waals surface area contributed by atoms with Crippen molar-refractivity contribution >= 4 is 23.2 Å². The summed E-state index contributed by atoms with van der Waals surface area (Å²) in [5.41, 5.74) is 4.99. The van der Waals surface area contributed by atoms with Gasteiger partial charge in [0.05, 0.1) is 0 Å². The molecule has 0 saturated heterocycles. The molecule has 2 amide bonds. The van der Waals surface area contributed by atoms with Gasteiger partial charge in [0, 0.05) is 23.4 Å². The Labute approximate surface area is 137 Å². The van der Waals surface area contributed by atoms with Crippen LogP contribution in [0.25, 0.3) is 0 Å². The normalized spacial score (nSPS) is 18.9. The number of hydrogen-bond acceptors (Lipinski definition) is 3. The summed E-state index contributed by atoms with van der Waals surface area (Å²) >= 11 is 0. The third kappa shape index (κ3) is 4.91. The number of amides is 2. The number of nitrogens with one attached hydrogen (secondary N) is 2. The van der Waals surface area contributed by atoms with Crippen LogP contribution in [0.3, 0.4) is 0 Å². The summed E-state index contributed by atoms with van der Waals surface area (Å²) in [6.45, 7) is 4.11. The van der Waals surface area contributed by atoms with Crippen LogP contribution in [0.4, 0.5) is 5.69 Å². The fourth-order valence-corrected chi connectivity index (χ4v) is 2.83. The van der Waals surface area contributed by atoms with Crippen LogP contribution >= 0.6 is 0 Å². The lowest BCUT2D eigenvalue weighted by Crippen LogP contribution is -2.21. The molecule has 1 aliphatic rings. The summed E-state index contributed by atoms with van der Waals surface area (Å²) in [5.74, 6) is 0.278. The van der Waals surface area contributed by atoms with Crippen LogP contribution in [0.2, 0.25) is 0 Å². The molecule has 1 fully saturated rings. The quantitative estimate of drug-likeness (QED) is 0.785. The molecule has 2 rings (SSSR count). The Hall–Kier alpha value is -2.17. The fourth-order valence-electron chi connectivity index (χ4n) is 2.83. The third-order valence-electron chi connectivity index (χ3n) is 4.16. The third-order valence-corrected chi connectivity index (χ3v) is 4.16. The lowest BCUT2D eigenvalue weighted by molar-refractivity contribution is -0.116. The zero-order valence-corrected chi connectivity index (χ0v) is 13.9. The first kappa shape index (κ1) is 17.2. The van der Waals surface area contributed by atoms with Gasteiger partial charge in [-0.2, -0.15) is 5.10 Å². The van der Waals surface area contributed by atoms with Crippen molar-refractivity contribution in [1.29, 1.82) is 0 Å². The first-order valence-corrected chi connectivity index (χ1v) is 8.40. The smallest absolute Gasteiger partial charge is 0.271 e. The predicted molar refractivity (Wildman–Crippen MR) is 92.5 cm³/mol. The Morgan fingerprint density at radius 2 is 1.96 bits per heavy atom. The van der Waals surface area contributed by atoms with Crippen molar-refractivity contribution in [3.63, 3.8) is 0 Å². The standard InChI is InChI=1S/C18H25N3O2/c1-3-6-17(22)19-15-11-9-14(10-12-15)18(23)21-20-16-8-5-7-13(16)4-2/h9-13H,3-8H2,1-2H3,(H,19,22)(H,21,23)/b20-16+. The summed E-state index contributed by atoms with van der Waals surface area (Å²) in [5, 5.41) is 7.10. The van der Waals surface area contributed by atoms with Crippen LogP contribution in [0, 0.1) is 5.92 Å². The van der Waals surface area contributed by atoms with E-state index in [9.17, 15) is 9.59 Å². The molecule has 1 atom stereocenters. The van der Waals surface area contributed by atoms with E-state index in [1.165, 1.54) is 0 Å². The monoisotopic (exact) mass is 315 g/mol. The lowest BCUT2D eigenvalue weighted by atomic mass is 10.0. The topological polar surface area (TPSA) is 70.6 Å². The maximum atomic E-state index is 12.1. The van der Waals surface area contributed by atoms with Gasteiger partial charge in [0.15, 0.2) is 0 Å². The van der Waals surface area contributed by atoms with Gasteiger partial charge in [-0.15, -0.1) is 0 Å². The van der Waals surface area contributed by atoms with Gasteiger partial charge >= 0.3 is 0 Å². The maximum Gasteiger partial charge on any atom is 0.271 e. The molecule has 0 spiro atoms. The minimum Gasteiger partial charge on any atom is -0.326 e. The Bertz CT molecular complexity index is 578. The Kier molecular flexibility index (Phi) is 6.32. The molecule has 1 saturated carbocycles. The molecule has 0 radical (unpaired) electrons. The molecule has 1 unspecified atom stereocenters. The van der Waals surface area contributed by atoms with Gasteiger partial charge in [0.1, 0.15) is 0 Å². The van der Waals surface area contributed by atoms with Crippen molar-refractivity contribution in [2.24, 2.45) is 11.0 Å². The molecular formula is C18H25N3O2. The number of carbonyl (C=O) groups excluding carboxylic acids is 2. The Morgan fingerprint density at radius 3 is 2.61 bits per heavy atom. The minimum atomic E-state index is -0.217. The van der Waals surface area contributed by atoms with Crippen LogP contribution in [0.15, 0.2) is 29.4 Å². The zero-order valence-electron chi connectivity index (χ0n) is 13.9. The predicted octanol–water partition coefficient (Wildman–Crippen LogP) is 3.72. The van der Waals surface area contributed by atoms with Crippen LogP contribution in [-0.2, 0) is 4.79 Å². The van der Waals surface area contributed by atoms with E-state index in [0.717, 1.165) is 37.8 Å². The number of hydrogen-bond donors (Lipinski definition) is 2. The van der Waals surface area contributed by atoms with Crippen LogP contribution in [0.1, 0.15) is 62.7 Å². The van der Waals surface area contributed by atoms with Crippen molar-refractivity contribution < 1.29 is 9.59 Å². The average molecular weight is 315 g/mol. The highest BCUT2D eigenvalue weighted by atomic mass is 16.2. The van der Waals surface area contributed by atoms with E-state index >= 15 is 0 Å². The molecule has 5 heteroatoms. The highest BCUT2D eigenvalue weighted by molar-refractivity contribution is 5.97. The van der Waals surface area contributed by atoms with E-state index in [1.54, 1.807) is 24.3 Å². The molecule has 124 valence electrons. The Morgan fingerprint density at radius 1 is 1.22 bits per heavy atom. The Balaban J connectivity index is 1.92. The van der Waals surface area contributed by atoms with Gasteiger partial charge in [-0.25, -0.2) is 5.43 Å². The molecule has 1 aromatic carbocycles. The van der Waals surface area contributed by atoms with E-state index in [2.05, 4.69) is 22.8 Å². The molecule has 23 heavy (non-hydrogen) atoms. The summed E-state index contributed by atoms with van der Waals surface area (Å²) in [4.78, 5) is 23.7. The second-order valence-corrected chi connectivity index (χ2v) is 5.92. The second-order valence-electron chi connectivity index (χ2n) is 5.92. The summed E-state index contributed by atoms with van der Waals surface area (Å²) in [7, 11) is 0. The number of benzene rings is 1. The molecular weight excluding hydrogens is 290 g/mol. The van der Waals surface area contributed by atoms with E-state index in [1.807, 2.05) is 6.92 Å². The van der Waals surface area contributed by atoms with Gasteiger partial charge in [0.25, 0.3) is 5.91 Å². The van der Waals surface area contributed by atoms with Crippen molar-refractivity contribution in [3.8, 4) is 0 Å². The average Bonchev–Trinajstić information content (AvgIpc) is 3.01. The van der Waals surface area contributed by atoms with Gasteiger partial charge in [-0.1, -0.05) is 13.8 Å². The van der Waals surface area contributed by atoms with Crippen LogP contribution in [-0.4, -0.2) is 17.5 Å². The van der Waals surface area contributed by atoms with Crippen molar-refractivity contribution in [2.45, 2.75) is 52.4 Å². The highest BCUT2D eigenvalue weighted by Gasteiger charge is 2.21. The highest BCUT2D eigenvalue weighted by Crippen LogP contribution is 2.24. The lowest BCUT2D eigenvalue weighted by Gasteiger charge is -2.08. The zero-order chi connectivity index (χ0) is 16.7. The van der Waals surface area contributed by atoms with Crippen molar-refractivity contribution in [2.75, 3.05) is 5.32 Å². The fraction of sp³-hybridized carbons (Fsp3) is 0.500. The molecule has 1 aliphatic carbocycles. The van der Waals surface area contributed by atoms with Crippen molar-refractivity contribution in [1.82, 2.24) is 5.43 Å². The number of nitrogens with zero attached hydrogens (tertiary/aromatic N) is 1. The molecule has 0 aliphatic heterocycles. The minimum absolute atomic E-state index is 0.0112. The number of anilines is 1. The molecule has 0 aromatic heterocycles. The largest absolute Gasteiger partial charge is 0.326 e. The molecule has 0 bridgehead atoms. The molecule has 5 nitrogen and oxygen atoms in total. The summed E-state index contributed by atoms with van der Waals surface area (Å²) in [6, 6.07) is 6.87. The van der Waals surface area contributed by atoms with Gasteiger partial charge in [-0.3, -0.25) is 9.59 Å².